The maximum Gasteiger partial charge on any atom is 0.330 e. The summed E-state index contributed by atoms with van der Waals surface area (Å²) in [4.78, 5) is 39.9. The number of nitrogens with one attached hydrogen (secondary N) is 4. The highest BCUT2D eigenvalue weighted by Gasteiger charge is 2.24. The van der Waals surface area contributed by atoms with Gasteiger partial charge in [-0.25, -0.2) is 4.79 Å². The minimum atomic E-state index is -0.492. The van der Waals surface area contributed by atoms with Crippen molar-refractivity contribution in [3.05, 3.63) is 20.8 Å². The zero-order valence-corrected chi connectivity index (χ0v) is 17.9. The average Bonchev–Trinajstić information content (AvgIpc) is 2.64. The molecule has 1 aliphatic heterocycles. The number of hydrogen-bond acceptors (Lipinski definition) is 5. The van der Waals surface area contributed by atoms with Gasteiger partial charge in [0.1, 0.15) is 11.5 Å². The lowest BCUT2D eigenvalue weighted by molar-refractivity contribution is -0.120. The van der Waals surface area contributed by atoms with Crippen LogP contribution in [-0.4, -0.2) is 35.1 Å². The van der Waals surface area contributed by atoms with E-state index in [-0.39, 0.29) is 35.7 Å². The summed E-state index contributed by atoms with van der Waals surface area (Å²) in [6.07, 6.45) is 4.31. The first-order valence-electron chi connectivity index (χ1n) is 10.1. The average molecular weight is 416 g/mol. The van der Waals surface area contributed by atoms with E-state index in [9.17, 15) is 14.4 Å². The standard InChI is InChI=1S/C19H33N5O3.ClH/c1-4-5-11-24-16(22-17(25)14-7-6-9-20-12-14)15(18(26)23-19(24)27)21-10-8-13(2)3;/h13-14,20-21H,4-12H2,1-3H3,(H,22,25)(H,23,26,27);1H. The number of anilines is 2. The number of nitrogens with zero attached hydrogens (tertiary/aromatic N) is 1. The van der Waals surface area contributed by atoms with Crippen LogP contribution in [0.15, 0.2) is 9.59 Å². The van der Waals surface area contributed by atoms with E-state index in [1.807, 2.05) is 6.92 Å². The highest BCUT2D eigenvalue weighted by atomic mass is 35.5. The molecule has 28 heavy (non-hydrogen) atoms. The molecule has 0 radical (unpaired) electrons. The lowest BCUT2D eigenvalue weighted by Gasteiger charge is -2.24. The Morgan fingerprint density at radius 2 is 2.07 bits per heavy atom. The van der Waals surface area contributed by atoms with E-state index < -0.39 is 11.2 Å². The van der Waals surface area contributed by atoms with Gasteiger partial charge in [0.05, 0.1) is 5.92 Å². The first-order chi connectivity index (χ1) is 12.9. The fraction of sp³-hybridized carbons (Fsp3) is 0.737. The van der Waals surface area contributed by atoms with Crippen LogP contribution in [0.1, 0.15) is 52.9 Å². The Labute approximate surface area is 172 Å². The van der Waals surface area contributed by atoms with Crippen LogP contribution in [0.4, 0.5) is 11.5 Å². The third kappa shape index (κ3) is 6.67. The van der Waals surface area contributed by atoms with Gasteiger partial charge in [0, 0.05) is 19.6 Å². The summed E-state index contributed by atoms with van der Waals surface area (Å²) in [5.41, 5.74) is -0.711. The van der Waals surface area contributed by atoms with E-state index in [0.717, 1.165) is 38.6 Å². The number of aromatic nitrogens is 2. The number of piperidine rings is 1. The van der Waals surface area contributed by atoms with Gasteiger partial charge in [-0.15, -0.1) is 12.4 Å². The lowest BCUT2D eigenvalue weighted by Crippen LogP contribution is -2.40. The summed E-state index contributed by atoms with van der Waals surface area (Å²) in [7, 11) is 0. The van der Waals surface area contributed by atoms with Crippen molar-refractivity contribution in [2.75, 3.05) is 30.3 Å². The van der Waals surface area contributed by atoms with Crippen molar-refractivity contribution in [1.29, 1.82) is 0 Å². The number of aromatic amines is 1. The highest BCUT2D eigenvalue weighted by molar-refractivity contribution is 5.94. The molecule has 9 heteroatoms. The minimum Gasteiger partial charge on any atom is -0.378 e. The number of rotatable bonds is 9. The Bertz CT molecular complexity index is 738. The maximum atomic E-state index is 12.7. The van der Waals surface area contributed by atoms with Gasteiger partial charge in [-0.1, -0.05) is 27.2 Å². The van der Waals surface area contributed by atoms with E-state index >= 15 is 0 Å². The number of carbonyl (C=O) groups excluding carboxylic acids is 1. The third-order valence-electron chi connectivity index (χ3n) is 4.87. The smallest absolute Gasteiger partial charge is 0.330 e. The Balaban J connectivity index is 0.00000392. The minimum absolute atomic E-state index is 0. The summed E-state index contributed by atoms with van der Waals surface area (Å²) in [5, 5.41) is 9.23. The van der Waals surface area contributed by atoms with Crippen molar-refractivity contribution in [3.63, 3.8) is 0 Å². The predicted octanol–water partition coefficient (Wildman–Crippen LogP) is 2.15. The SMILES string of the molecule is CCCCn1c(NC(=O)C2CCCNC2)c(NCCC(C)C)c(=O)[nH]c1=O.Cl. The van der Waals surface area contributed by atoms with E-state index in [4.69, 9.17) is 0 Å². The van der Waals surface area contributed by atoms with E-state index in [2.05, 4.69) is 34.8 Å². The molecule has 0 bridgehead atoms. The third-order valence-corrected chi connectivity index (χ3v) is 4.87. The van der Waals surface area contributed by atoms with Gasteiger partial charge in [-0.2, -0.15) is 0 Å². The van der Waals surface area contributed by atoms with Crippen LogP contribution in [0.25, 0.3) is 0 Å². The molecule has 160 valence electrons. The zero-order valence-electron chi connectivity index (χ0n) is 17.1. The molecule has 1 atom stereocenters. The first kappa shape index (κ1) is 24.2. The van der Waals surface area contributed by atoms with Gasteiger partial charge in [0.25, 0.3) is 5.56 Å². The summed E-state index contributed by atoms with van der Waals surface area (Å²) in [6.45, 7) is 8.82. The van der Waals surface area contributed by atoms with Crippen molar-refractivity contribution in [2.24, 2.45) is 11.8 Å². The largest absolute Gasteiger partial charge is 0.378 e. The molecule has 1 unspecified atom stereocenters. The summed E-state index contributed by atoms with van der Waals surface area (Å²) >= 11 is 0. The molecule has 0 aliphatic carbocycles. The molecule has 2 rings (SSSR count). The van der Waals surface area contributed by atoms with Crippen LogP contribution >= 0.6 is 12.4 Å². The molecule has 0 aromatic carbocycles. The number of unbranched alkanes of at least 4 members (excludes halogenated alkanes) is 1. The van der Waals surface area contributed by atoms with E-state index in [1.54, 1.807) is 0 Å². The van der Waals surface area contributed by atoms with Crippen LogP contribution in [0.5, 0.6) is 0 Å². The molecule has 2 heterocycles. The van der Waals surface area contributed by atoms with Crippen LogP contribution in [0.2, 0.25) is 0 Å². The number of halogens is 1. The van der Waals surface area contributed by atoms with Crippen LogP contribution in [0.3, 0.4) is 0 Å². The Kier molecular flexibility index (Phi) is 10.3. The molecule has 1 fully saturated rings. The van der Waals surface area contributed by atoms with Crippen molar-refractivity contribution in [1.82, 2.24) is 14.9 Å². The van der Waals surface area contributed by atoms with Gasteiger partial charge in [0.15, 0.2) is 0 Å². The molecule has 1 aromatic rings. The molecule has 4 N–H and O–H groups in total. The van der Waals surface area contributed by atoms with E-state index in [1.165, 1.54) is 4.57 Å². The molecule has 1 aromatic heterocycles. The van der Waals surface area contributed by atoms with Crippen LogP contribution < -0.4 is 27.2 Å². The second kappa shape index (κ2) is 11.9. The molecule has 1 aliphatic rings. The predicted molar refractivity (Wildman–Crippen MR) is 116 cm³/mol. The number of amides is 1. The van der Waals surface area contributed by atoms with Gasteiger partial charge in [-0.3, -0.25) is 19.1 Å². The van der Waals surface area contributed by atoms with Crippen molar-refractivity contribution >= 4 is 29.8 Å². The maximum absolute atomic E-state index is 12.7. The Hall–Kier alpha value is -1.80. The molecule has 0 spiro atoms. The summed E-state index contributed by atoms with van der Waals surface area (Å²) in [6, 6.07) is 0. The molecule has 0 saturated carbocycles. The summed E-state index contributed by atoms with van der Waals surface area (Å²) in [5.74, 6) is 0.464. The van der Waals surface area contributed by atoms with Crippen molar-refractivity contribution in [2.45, 2.75) is 59.4 Å². The molecular weight excluding hydrogens is 382 g/mol. The van der Waals surface area contributed by atoms with Gasteiger partial charge in [-0.05, 0) is 38.1 Å². The quantitative estimate of drug-likeness (QED) is 0.494. The van der Waals surface area contributed by atoms with Crippen LogP contribution in [0, 0.1) is 11.8 Å². The molecule has 1 amide bonds. The second-order valence-corrected chi connectivity index (χ2v) is 7.63. The summed E-state index contributed by atoms with van der Waals surface area (Å²) < 4.78 is 1.47. The van der Waals surface area contributed by atoms with Crippen molar-refractivity contribution in [3.8, 4) is 0 Å². The van der Waals surface area contributed by atoms with Crippen molar-refractivity contribution < 1.29 is 4.79 Å². The molecule has 1 saturated heterocycles. The normalized spacial score (nSPS) is 16.5. The van der Waals surface area contributed by atoms with E-state index in [0.29, 0.717) is 25.6 Å². The monoisotopic (exact) mass is 415 g/mol. The topological polar surface area (TPSA) is 108 Å². The lowest BCUT2D eigenvalue weighted by atomic mass is 9.99. The highest BCUT2D eigenvalue weighted by Crippen LogP contribution is 2.19. The van der Waals surface area contributed by atoms with Gasteiger partial charge < -0.3 is 16.0 Å². The Morgan fingerprint density at radius 1 is 1.32 bits per heavy atom. The number of H-pyrrole nitrogens is 1. The zero-order chi connectivity index (χ0) is 19.8. The van der Waals surface area contributed by atoms with Gasteiger partial charge >= 0.3 is 5.69 Å². The number of hydrogen-bond donors (Lipinski definition) is 4. The first-order valence-corrected chi connectivity index (χ1v) is 10.1. The van der Waals surface area contributed by atoms with Gasteiger partial charge in [0.2, 0.25) is 5.91 Å². The fourth-order valence-electron chi connectivity index (χ4n) is 3.17. The molecule has 8 nitrogen and oxygen atoms in total. The number of carbonyl (C=O) groups is 1. The second-order valence-electron chi connectivity index (χ2n) is 7.63. The molecular formula is C19H34ClN5O3. The Morgan fingerprint density at radius 3 is 2.68 bits per heavy atom. The fourth-order valence-corrected chi connectivity index (χ4v) is 3.17. The van der Waals surface area contributed by atoms with Crippen LogP contribution in [-0.2, 0) is 11.3 Å².